The summed E-state index contributed by atoms with van der Waals surface area (Å²) in [6.07, 6.45) is 9.26. The van der Waals surface area contributed by atoms with Crippen molar-refractivity contribution >= 4 is 11.3 Å². The van der Waals surface area contributed by atoms with Crippen molar-refractivity contribution in [1.29, 1.82) is 0 Å². The van der Waals surface area contributed by atoms with Crippen LogP contribution in [0.15, 0.2) is 12.1 Å². The van der Waals surface area contributed by atoms with E-state index in [1.165, 1.54) is 49.8 Å². The molecule has 1 heterocycles. The second kappa shape index (κ2) is 7.78. The van der Waals surface area contributed by atoms with Gasteiger partial charge in [0.2, 0.25) is 0 Å². The molecule has 1 nitrogen and oxygen atoms in total. The third-order valence-electron chi connectivity index (χ3n) is 5.22. The Balaban J connectivity index is 2.09. The zero-order chi connectivity index (χ0) is 15.3. The fourth-order valence-corrected chi connectivity index (χ4v) is 4.91. The van der Waals surface area contributed by atoms with Crippen LogP contribution in [0.2, 0.25) is 0 Å². The molecule has 120 valence electrons. The van der Waals surface area contributed by atoms with Crippen molar-refractivity contribution in [2.45, 2.75) is 78.7 Å². The van der Waals surface area contributed by atoms with E-state index in [4.69, 9.17) is 0 Å². The van der Waals surface area contributed by atoms with Gasteiger partial charge in [-0.15, -0.1) is 11.3 Å². The zero-order valence-electron chi connectivity index (χ0n) is 14.4. The van der Waals surface area contributed by atoms with Crippen molar-refractivity contribution in [3.05, 3.63) is 21.9 Å². The van der Waals surface area contributed by atoms with Gasteiger partial charge in [0.05, 0.1) is 0 Å². The molecular formula is C19H33NS. The van der Waals surface area contributed by atoms with Gasteiger partial charge in [-0.2, -0.15) is 0 Å². The molecule has 1 aromatic heterocycles. The highest BCUT2D eigenvalue weighted by molar-refractivity contribution is 7.11. The number of nitrogens with one attached hydrogen (secondary N) is 1. The molecule has 2 atom stereocenters. The van der Waals surface area contributed by atoms with Crippen molar-refractivity contribution in [1.82, 2.24) is 5.32 Å². The highest BCUT2D eigenvalue weighted by Gasteiger charge is 2.37. The van der Waals surface area contributed by atoms with Crippen LogP contribution in [0.4, 0.5) is 0 Å². The van der Waals surface area contributed by atoms with Crippen molar-refractivity contribution in [3.63, 3.8) is 0 Å². The van der Waals surface area contributed by atoms with Crippen LogP contribution in [0, 0.1) is 11.3 Å². The summed E-state index contributed by atoms with van der Waals surface area (Å²) in [7, 11) is 0. The maximum absolute atomic E-state index is 3.88. The lowest BCUT2D eigenvalue weighted by Crippen LogP contribution is -2.46. The second-order valence-corrected chi connectivity index (χ2v) is 8.58. The number of aryl methyl sites for hydroxylation is 1. The highest BCUT2D eigenvalue weighted by atomic mass is 32.1. The minimum atomic E-state index is 0.495. The predicted octanol–water partition coefficient (Wildman–Crippen LogP) is 5.44. The maximum Gasteiger partial charge on any atom is 0.0149 e. The monoisotopic (exact) mass is 307 g/mol. The Morgan fingerprint density at radius 2 is 2.00 bits per heavy atom. The summed E-state index contributed by atoms with van der Waals surface area (Å²) in [6, 6.07) is 5.34. The predicted molar refractivity (Wildman–Crippen MR) is 95.2 cm³/mol. The Labute approximate surface area is 135 Å². The van der Waals surface area contributed by atoms with Crippen molar-refractivity contribution < 1.29 is 0 Å². The molecule has 1 saturated carbocycles. The summed E-state index contributed by atoms with van der Waals surface area (Å²) in [5, 5.41) is 3.88. The molecule has 1 fully saturated rings. The molecule has 0 bridgehead atoms. The number of hydrogen-bond acceptors (Lipinski definition) is 2. The summed E-state index contributed by atoms with van der Waals surface area (Å²) in [5.74, 6) is 0.824. The molecule has 21 heavy (non-hydrogen) atoms. The largest absolute Gasteiger partial charge is 0.313 e. The average Bonchev–Trinajstić information content (AvgIpc) is 2.91. The van der Waals surface area contributed by atoms with Gasteiger partial charge in [-0.3, -0.25) is 0 Å². The summed E-state index contributed by atoms with van der Waals surface area (Å²) >= 11 is 2.02. The van der Waals surface area contributed by atoms with Crippen LogP contribution in [0.3, 0.4) is 0 Å². The molecule has 0 saturated heterocycles. The fraction of sp³-hybridized carbons (Fsp3) is 0.789. The zero-order valence-corrected chi connectivity index (χ0v) is 15.2. The van der Waals surface area contributed by atoms with Gasteiger partial charge in [-0.1, -0.05) is 40.5 Å². The minimum absolute atomic E-state index is 0.495. The van der Waals surface area contributed by atoms with Gasteiger partial charge in [-0.05, 0) is 62.1 Å². The van der Waals surface area contributed by atoms with Gasteiger partial charge in [0.25, 0.3) is 0 Å². The number of rotatable bonds is 7. The van der Waals surface area contributed by atoms with E-state index in [1.54, 1.807) is 4.88 Å². The molecule has 1 aliphatic carbocycles. The summed E-state index contributed by atoms with van der Waals surface area (Å²) < 4.78 is 0. The highest BCUT2D eigenvalue weighted by Crippen LogP contribution is 2.43. The molecule has 2 rings (SSSR count). The van der Waals surface area contributed by atoms with Crippen LogP contribution < -0.4 is 5.32 Å². The van der Waals surface area contributed by atoms with E-state index in [0.29, 0.717) is 11.5 Å². The van der Waals surface area contributed by atoms with Crippen LogP contribution in [0.25, 0.3) is 0 Å². The smallest absolute Gasteiger partial charge is 0.0149 e. The van der Waals surface area contributed by atoms with E-state index in [-0.39, 0.29) is 0 Å². The third kappa shape index (κ3) is 4.56. The van der Waals surface area contributed by atoms with Gasteiger partial charge in [0, 0.05) is 15.8 Å². The normalized spacial score (nSPS) is 23.1. The second-order valence-electron chi connectivity index (χ2n) is 7.33. The van der Waals surface area contributed by atoms with Gasteiger partial charge < -0.3 is 5.32 Å². The van der Waals surface area contributed by atoms with Crippen LogP contribution in [0.5, 0.6) is 0 Å². The maximum atomic E-state index is 3.88. The first kappa shape index (κ1) is 17.0. The summed E-state index contributed by atoms with van der Waals surface area (Å²) in [4.78, 5) is 3.10. The van der Waals surface area contributed by atoms with Gasteiger partial charge in [0.15, 0.2) is 0 Å². The molecule has 2 unspecified atom stereocenters. The summed E-state index contributed by atoms with van der Waals surface area (Å²) in [6.45, 7) is 10.7. The number of thiophene rings is 1. The molecule has 2 heteroatoms. The summed E-state index contributed by atoms with van der Waals surface area (Å²) in [5.41, 5.74) is 0.495. The van der Waals surface area contributed by atoms with E-state index in [1.807, 2.05) is 11.3 Å². The van der Waals surface area contributed by atoms with Crippen molar-refractivity contribution in [2.24, 2.45) is 11.3 Å². The molecule has 1 aromatic rings. The quantitative estimate of drug-likeness (QED) is 0.707. The lowest BCUT2D eigenvalue weighted by molar-refractivity contribution is 0.0984. The Morgan fingerprint density at radius 3 is 2.62 bits per heavy atom. The van der Waals surface area contributed by atoms with Gasteiger partial charge in [-0.25, -0.2) is 0 Å². The fourth-order valence-electron chi connectivity index (χ4n) is 3.89. The van der Waals surface area contributed by atoms with Gasteiger partial charge >= 0.3 is 0 Å². The minimum Gasteiger partial charge on any atom is -0.313 e. The third-order valence-corrected chi connectivity index (χ3v) is 6.47. The van der Waals surface area contributed by atoms with Crippen LogP contribution >= 0.6 is 11.3 Å². The Morgan fingerprint density at radius 1 is 1.24 bits per heavy atom. The Bertz CT molecular complexity index is 421. The van der Waals surface area contributed by atoms with Crippen molar-refractivity contribution in [3.8, 4) is 0 Å². The molecule has 0 aromatic carbocycles. The van der Waals surface area contributed by atoms with E-state index in [2.05, 4.69) is 45.1 Å². The number of hydrogen-bond donors (Lipinski definition) is 1. The first-order chi connectivity index (χ1) is 10.1. The average molecular weight is 308 g/mol. The van der Waals surface area contributed by atoms with E-state index in [9.17, 15) is 0 Å². The molecule has 1 aliphatic rings. The SMILES string of the molecule is CCCNC(Cc1ccc(CC)s1)C1CCCCC1(C)C. The van der Waals surface area contributed by atoms with Crippen molar-refractivity contribution in [2.75, 3.05) is 6.54 Å². The Hall–Kier alpha value is -0.340. The topological polar surface area (TPSA) is 12.0 Å². The molecule has 1 N–H and O–H groups in total. The molecule has 0 amide bonds. The van der Waals surface area contributed by atoms with E-state index < -0.39 is 0 Å². The molecule has 0 spiro atoms. The molecule has 0 aliphatic heterocycles. The van der Waals surface area contributed by atoms with Crippen LogP contribution in [-0.2, 0) is 12.8 Å². The first-order valence-electron chi connectivity index (χ1n) is 8.87. The lowest BCUT2D eigenvalue weighted by atomic mass is 9.65. The standard InChI is InChI=1S/C19H33NS/c1-5-13-20-18(14-16-11-10-15(6-2)21-16)17-9-7-8-12-19(17,3)4/h10-11,17-18,20H,5-9,12-14H2,1-4H3. The van der Waals surface area contributed by atoms with E-state index in [0.717, 1.165) is 12.5 Å². The Kier molecular flexibility index (Phi) is 6.31. The molecular weight excluding hydrogens is 274 g/mol. The van der Waals surface area contributed by atoms with Gasteiger partial charge in [0.1, 0.15) is 0 Å². The first-order valence-corrected chi connectivity index (χ1v) is 9.69. The van der Waals surface area contributed by atoms with E-state index >= 15 is 0 Å². The lowest BCUT2D eigenvalue weighted by Gasteiger charge is -2.43. The van der Waals surface area contributed by atoms with Crippen LogP contribution in [0.1, 0.15) is 69.6 Å². The van der Waals surface area contributed by atoms with Crippen LogP contribution in [-0.4, -0.2) is 12.6 Å². The molecule has 0 radical (unpaired) electrons.